The minimum Gasteiger partial charge on any atom is -0.489 e. The van der Waals surface area contributed by atoms with Crippen LogP contribution >= 0.6 is 0 Å². The lowest BCUT2D eigenvalue weighted by Crippen LogP contribution is -2.32. The first-order valence-electron chi connectivity index (χ1n) is 7.97. The molecule has 1 N–H and O–H groups in total. The van der Waals surface area contributed by atoms with Gasteiger partial charge in [-0.25, -0.2) is 4.39 Å². The van der Waals surface area contributed by atoms with Crippen LogP contribution in [0.1, 0.15) is 18.5 Å². The lowest BCUT2D eigenvalue weighted by Gasteiger charge is -2.24. The monoisotopic (exact) mass is 342 g/mol. The van der Waals surface area contributed by atoms with Crippen LogP contribution in [0.4, 0.5) is 10.1 Å². The Labute approximate surface area is 147 Å². The molecule has 2 aromatic carbocycles. The fourth-order valence-corrected chi connectivity index (χ4v) is 2.38. The van der Waals surface area contributed by atoms with Crippen LogP contribution in [0, 0.1) is 5.82 Å². The lowest BCUT2D eigenvalue weighted by molar-refractivity contribution is -0.120. The van der Waals surface area contributed by atoms with Gasteiger partial charge in [-0.1, -0.05) is 18.7 Å². The molecule has 5 heteroatoms. The second kappa shape index (κ2) is 8.44. The van der Waals surface area contributed by atoms with E-state index in [4.69, 9.17) is 4.74 Å². The summed E-state index contributed by atoms with van der Waals surface area (Å²) in [7, 11) is 3.62. The van der Waals surface area contributed by atoms with E-state index in [-0.39, 0.29) is 11.7 Å². The number of hydrogen-bond donors (Lipinski definition) is 1. The van der Waals surface area contributed by atoms with Gasteiger partial charge in [0.2, 0.25) is 5.91 Å². The number of nitrogens with one attached hydrogen (secondary N) is 1. The van der Waals surface area contributed by atoms with Crippen LogP contribution in [-0.4, -0.2) is 31.5 Å². The maximum Gasteiger partial charge on any atom is 0.246 e. The van der Waals surface area contributed by atoms with Crippen molar-refractivity contribution in [3.8, 4) is 5.75 Å². The summed E-state index contributed by atoms with van der Waals surface area (Å²) in [6, 6.07) is 12.6. The van der Waals surface area contributed by atoms with Crippen LogP contribution in [0.3, 0.4) is 0 Å². The average Bonchev–Trinajstić information content (AvgIpc) is 2.56. The summed E-state index contributed by atoms with van der Waals surface area (Å²) >= 11 is 0. The van der Waals surface area contributed by atoms with Gasteiger partial charge in [-0.15, -0.1) is 0 Å². The Balaban J connectivity index is 2.07. The molecule has 1 atom stereocenters. The van der Waals surface area contributed by atoms with Crippen molar-refractivity contribution in [1.29, 1.82) is 0 Å². The van der Waals surface area contributed by atoms with Gasteiger partial charge in [-0.3, -0.25) is 9.69 Å². The maximum absolute atomic E-state index is 13.1. The van der Waals surface area contributed by atoms with E-state index in [9.17, 15) is 9.18 Å². The molecule has 0 spiro atoms. The zero-order chi connectivity index (χ0) is 18.4. The molecule has 4 nitrogen and oxygen atoms in total. The first kappa shape index (κ1) is 18.7. The molecule has 0 aliphatic carbocycles. The van der Waals surface area contributed by atoms with Gasteiger partial charge < -0.3 is 10.1 Å². The quantitative estimate of drug-likeness (QED) is 0.773. The Morgan fingerprint density at radius 2 is 1.76 bits per heavy atom. The van der Waals surface area contributed by atoms with Crippen molar-refractivity contribution in [2.45, 2.75) is 13.0 Å². The minimum absolute atomic E-state index is 0.188. The summed E-state index contributed by atoms with van der Waals surface area (Å²) in [5, 5.41) is 2.88. The van der Waals surface area contributed by atoms with Crippen LogP contribution in [0.2, 0.25) is 0 Å². The SMILES string of the molecule is C=C(C)COc1ccc(NC(=O)C(c2ccc(F)cc2)N(C)C)cc1. The van der Waals surface area contributed by atoms with Crippen LogP contribution in [0.15, 0.2) is 60.7 Å². The summed E-state index contributed by atoms with van der Waals surface area (Å²) in [5.74, 6) is 0.197. The van der Waals surface area contributed by atoms with Crippen molar-refractivity contribution >= 4 is 11.6 Å². The van der Waals surface area contributed by atoms with E-state index in [2.05, 4.69) is 11.9 Å². The van der Waals surface area contributed by atoms with Crippen molar-refractivity contribution in [2.24, 2.45) is 0 Å². The molecule has 0 fully saturated rings. The number of anilines is 1. The topological polar surface area (TPSA) is 41.6 Å². The van der Waals surface area contributed by atoms with E-state index in [0.717, 1.165) is 11.1 Å². The number of carbonyl (C=O) groups excluding carboxylic acids is 1. The number of rotatable bonds is 7. The molecule has 0 radical (unpaired) electrons. The fraction of sp³-hybridized carbons (Fsp3) is 0.250. The zero-order valence-electron chi connectivity index (χ0n) is 14.8. The second-order valence-electron chi connectivity index (χ2n) is 6.18. The maximum atomic E-state index is 13.1. The van der Waals surface area contributed by atoms with Gasteiger partial charge in [0.05, 0.1) is 0 Å². The van der Waals surface area contributed by atoms with Crippen LogP contribution in [0.25, 0.3) is 0 Å². The number of nitrogens with zero attached hydrogens (tertiary/aromatic N) is 1. The summed E-state index contributed by atoms with van der Waals surface area (Å²) in [6.07, 6.45) is 0. The summed E-state index contributed by atoms with van der Waals surface area (Å²) in [4.78, 5) is 14.4. The molecule has 0 heterocycles. The first-order valence-corrected chi connectivity index (χ1v) is 7.97. The Bertz CT molecular complexity index is 724. The van der Waals surface area contributed by atoms with Crippen molar-refractivity contribution < 1.29 is 13.9 Å². The van der Waals surface area contributed by atoms with Crippen molar-refractivity contribution in [2.75, 3.05) is 26.0 Å². The highest BCUT2D eigenvalue weighted by Gasteiger charge is 2.23. The van der Waals surface area contributed by atoms with E-state index in [1.807, 2.05) is 21.0 Å². The molecule has 0 bridgehead atoms. The Morgan fingerprint density at radius 1 is 1.16 bits per heavy atom. The van der Waals surface area contributed by atoms with Crippen molar-refractivity contribution in [3.63, 3.8) is 0 Å². The highest BCUT2D eigenvalue weighted by molar-refractivity contribution is 5.95. The number of benzene rings is 2. The van der Waals surface area contributed by atoms with Crippen molar-refractivity contribution in [3.05, 3.63) is 72.1 Å². The van der Waals surface area contributed by atoms with Gasteiger partial charge in [0.15, 0.2) is 0 Å². The van der Waals surface area contributed by atoms with Crippen LogP contribution in [-0.2, 0) is 4.79 Å². The average molecular weight is 342 g/mol. The third-order valence-electron chi connectivity index (χ3n) is 3.56. The molecular formula is C20H23FN2O2. The predicted molar refractivity (Wildman–Crippen MR) is 98.2 cm³/mol. The number of amides is 1. The normalized spacial score (nSPS) is 11.9. The lowest BCUT2D eigenvalue weighted by atomic mass is 10.0. The van der Waals surface area contributed by atoms with Gasteiger partial charge in [0.1, 0.15) is 24.2 Å². The highest BCUT2D eigenvalue weighted by Crippen LogP contribution is 2.22. The molecule has 0 aliphatic rings. The number of halogens is 1. The van der Waals surface area contributed by atoms with E-state index >= 15 is 0 Å². The minimum atomic E-state index is -0.514. The fourth-order valence-electron chi connectivity index (χ4n) is 2.38. The Hall–Kier alpha value is -2.66. The second-order valence-corrected chi connectivity index (χ2v) is 6.18. The van der Waals surface area contributed by atoms with Gasteiger partial charge >= 0.3 is 0 Å². The Kier molecular flexibility index (Phi) is 6.31. The molecule has 0 aromatic heterocycles. The molecule has 2 aromatic rings. The smallest absolute Gasteiger partial charge is 0.246 e. The number of likely N-dealkylation sites (N-methyl/N-ethyl adjacent to an activating group) is 1. The molecule has 0 aliphatic heterocycles. The molecule has 2 rings (SSSR count). The van der Waals surface area contributed by atoms with Gasteiger partial charge in [0.25, 0.3) is 0 Å². The van der Waals surface area contributed by atoms with E-state index in [1.165, 1.54) is 12.1 Å². The molecule has 1 amide bonds. The molecule has 1 unspecified atom stereocenters. The predicted octanol–water partition coefficient (Wildman–Crippen LogP) is 4.02. The third kappa shape index (κ3) is 5.43. The molecule has 25 heavy (non-hydrogen) atoms. The summed E-state index contributed by atoms with van der Waals surface area (Å²) < 4.78 is 18.7. The first-order chi connectivity index (χ1) is 11.9. The highest BCUT2D eigenvalue weighted by atomic mass is 19.1. The molecule has 0 saturated carbocycles. The van der Waals surface area contributed by atoms with Gasteiger partial charge in [-0.05, 0) is 68.6 Å². The van der Waals surface area contributed by atoms with E-state index < -0.39 is 6.04 Å². The molecule has 132 valence electrons. The number of ether oxygens (including phenoxy) is 1. The van der Waals surface area contributed by atoms with Crippen LogP contribution < -0.4 is 10.1 Å². The third-order valence-corrected chi connectivity index (χ3v) is 3.56. The van der Waals surface area contributed by atoms with Gasteiger partial charge in [-0.2, -0.15) is 0 Å². The summed E-state index contributed by atoms with van der Waals surface area (Å²) in [6.45, 7) is 6.14. The number of carbonyl (C=O) groups is 1. The van der Waals surface area contributed by atoms with E-state index in [1.54, 1.807) is 41.3 Å². The molecule has 0 saturated heterocycles. The Morgan fingerprint density at radius 3 is 2.28 bits per heavy atom. The largest absolute Gasteiger partial charge is 0.489 e. The summed E-state index contributed by atoms with van der Waals surface area (Å²) in [5.41, 5.74) is 2.33. The van der Waals surface area contributed by atoms with Crippen LogP contribution in [0.5, 0.6) is 5.75 Å². The van der Waals surface area contributed by atoms with Gasteiger partial charge in [0, 0.05) is 5.69 Å². The van der Waals surface area contributed by atoms with Crippen molar-refractivity contribution in [1.82, 2.24) is 4.90 Å². The number of hydrogen-bond acceptors (Lipinski definition) is 3. The zero-order valence-corrected chi connectivity index (χ0v) is 14.8. The molecular weight excluding hydrogens is 319 g/mol. The van der Waals surface area contributed by atoms with E-state index in [0.29, 0.717) is 18.0 Å². The standard InChI is InChI=1S/C20H23FN2O2/c1-14(2)13-25-18-11-9-17(10-12-18)22-20(24)19(23(3)4)15-5-7-16(21)8-6-15/h5-12,19H,1,13H2,2-4H3,(H,22,24).